The first-order valence-corrected chi connectivity index (χ1v) is 16.0. The zero-order chi connectivity index (χ0) is 32.6. The third-order valence-electron chi connectivity index (χ3n) is 7.85. The van der Waals surface area contributed by atoms with Gasteiger partial charge in [0.05, 0.1) is 22.4 Å². The highest BCUT2D eigenvalue weighted by atomic mass is 32.1. The van der Waals surface area contributed by atoms with Crippen LogP contribution in [-0.2, 0) is 9.53 Å². The van der Waals surface area contributed by atoms with E-state index in [-0.39, 0.29) is 30.4 Å². The van der Waals surface area contributed by atoms with Gasteiger partial charge in [0, 0.05) is 32.4 Å². The number of amides is 5. The van der Waals surface area contributed by atoms with Crippen LogP contribution in [0.4, 0.5) is 26.7 Å². The lowest BCUT2D eigenvalue weighted by atomic mass is 10.0. The molecule has 2 N–H and O–H groups in total. The molecule has 2 aromatic carbocycles. The summed E-state index contributed by atoms with van der Waals surface area (Å²) in [4.78, 5) is 62.7. The molecule has 1 atom stereocenters. The monoisotopic (exact) mass is 640 g/mol. The van der Waals surface area contributed by atoms with Crippen molar-refractivity contribution in [1.29, 1.82) is 0 Å². The number of benzene rings is 2. The molecule has 238 valence electrons. The molecular weight excluding hydrogens is 604 g/mol. The Hall–Kier alpha value is -4.97. The van der Waals surface area contributed by atoms with Crippen molar-refractivity contribution in [1.82, 2.24) is 20.1 Å². The number of ether oxygens (including phenoxy) is 1. The van der Waals surface area contributed by atoms with E-state index in [1.54, 1.807) is 42.8 Å². The van der Waals surface area contributed by atoms with E-state index in [4.69, 9.17) is 4.74 Å². The van der Waals surface area contributed by atoms with Crippen molar-refractivity contribution < 1.29 is 23.9 Å². The number of rotatable bonds is 6. The molecule has 2 aliphatic rings. The van der Waals surface area contributed by atoms with E-state index < -0.39 is 11.7 Å². The number of aromatic nitrogens is 1. The molecular formula is C34H36N6O5S. The van der Waals surface area contributed by atoms with Crippen LogP contribution in [0.5, 0.6) is 0 Å². The quantitative estimate of drug-likeness (QED) is 0.257. The van der Waals surface area contributed by atoms with Crippen LogP contribution in [0.3, 0.4) is 0 Å². The topological polar surface area (TPSA) is 124 Å². The number of nitrogens with one attached hydrogen (secondary N) is 2. The number of hydrogen-bond donors (Lipinski definition) is 2. The highest BCUT2D eigenvalue weighted by Gasteiger charge is 2.34. The first-order chi connectivity index (χ1) is 22.0. The van der Waals surface area contributed by atoms with Crippen molar-refractivity contribution in [3.63, 3.8) is 0 Å². The average molecular weight is 641 g/mol. The third kappa shape index (κ3) is 6.38. The summed E-state index contributed by atoms with van der Waals surface area (Å²) in [6.45, 7) is 6.03. The van der Waals surface area contributed by atoms with Crippen LogP contribution < -0.4 is 15.5 Å². The predicted molar refractivity (Wildman–Crippen MR) is 179 cm³/mol. The van der Waals surface area contributed by atoms with Gasteiger partial charge < -0.3 is 25.2 Å². The summed E-state index contributed by atoms with van der Waals surface area (Å²) in [5, 5.41) is 6.73. The molecule has 0 aliphatic carbocycles. The minimum Gasteiger partial charge on any atom is -0.444 e. The van der Waals surface area contributed by atoms with E-state index in [9.17, 15) is 19.2 Å². The van der Waals surface area contributed by atoms with E-state index in [2.05, 4.69) is 15.6 Å². The molecule has 11 nitrogen and oxygen atoms in total. The lowest BCUT2D eigenvalue weighted by Crippen LogP contribution is -2.52. The number of carbonyl (C=O) groups is 4. The summed E-state index contributed by atoms with van der Waals surface area (Å²) >= 11 is 1.22. The minimum atomic E-state index is -0.664. The Bertz CT molecular complexity index is 1820. The number of likely N-dealkylation sites (tertiary alicyclic amines) is 1. The van der Waals surface area contributed by atoms with Crippen LogP contribution in [0.15, 0.2) is 66.9 Å². The fourth-order valence-electron chi connectivity index (χ4n) is 5.74. The molecule has 4 aromatic rings. The minimum absolute atomic E-state index is 0.124. The van der Waals surface area contributed by atoms with Gasteiger partial charge in [-0.05, 0) is 62.9 Å². The second-order valence-corrected chi connectivity index (χ2v) is 13.5. The zero-order valence-corrected chi connectivity index (χ0v) is 27.0. The normalized spacial score (nSPS) is 16.2. The Kier molecular flexibility index (Phi) is 8.39. The van der Waals surface area contributed by atoms with E-state index in [1.807, 2.05) is 54.6 Å². The number of hydrogen-bond acceptors (Lipinski definition) is 7. The molecule has 0 saturated carbocycles. The van der Waals surface area contributed by atoms with E-state index >= 15 is 0 Å². The molecule has 2 aliphatic heterocycles. The smallest absolute Gasteiger partial charge is 0.410 e. The molecule has 0 bridgehead atoms. The van der Waals surface area contributed by atoms with Gasteiger partial charge in [-0.2, -0.15) is 0 Å². The van der Waals surface area contributed by atoms with Crippen molar-refractivity contribution in [2.24, 2.45) is 0 Å². The Morgan fingerprint density at radius 3 is 2.61 bits per heavy atom. The van der Waals surface area contributed by atoms with Gasteiger partial charge in [0.1, 0.15) is 21.9 Å². The maximum Gasteiger partial charge on any atom is 0.410 e. The number of pyridine rings is 1. The predicted octanol–water partition coefficient (Wildman–Crippen LogP) is 6.23. The molecule has 12 heteroatoms. The number of nitrogens with zero attached hydrogens (tertiary/aromatic N) is 4. The lowest BCUT2D eigenvalue weighted by molar-refractivity contribution is -0.133. The molecule has 5 amide bonds. The van der Waals surface area contributed by atoms with E-state index in [0.717, 1.165) is 11.1 Å². The highest BCUT2D eigenvalue weighted by Crippen LogP contribution is 2.46. The Labute approximate surface area is 271 Å². The van der Waals surface area contributed by atoms with Crippen molar-refractivity contribution in [3.8, 4) is 11.1 Å². The van der Waals surface area contributed by atoms with Gasteiger partial charge in [-0.25, -0.2) is 14.6 Å². The number of anilines is 3. The summed E-state index contributed by atoms with van der Waals surface area (Å²) in [5.41, 5.74) is 3.12. The first kappa shape index (κ1) is 31.0. The maximum absolute atomic E-state index is 13.7. The summed E-state index contributed by atoms with van der Waals surface area (Å²) in [6.07, 6.45) is 2.47. The molecule has 0 radical (unpaired) electrons. The van der Waals surface area contributed by atoms with Crippen molar-refractivity contribution in [3.05, 3.63) is 71.7 Å². The molecule has 1 saturated heterocycles. The molecule has 4 heterocycles. The van der Waals surface area contributed by atoms with Gasteiger partial charge in [-0.15, -0.1) is 11.3 Å². The van der Waals surface area contributed by atoms with Crippen molar-refractivity contribution >= 4 is 62.6 Å². The van der Waals surface area contributed by atoms with Crippen LogP contribution in [-0.4, -0.2) is 77.0 Å². The third-order valence-corrected chi connectivity index (χ3v) is 8.95. The molecule has 2 aromatic heterocycles. The molecule has 0 unspecified atom stereocenters. The molecule has 1 fully saturated rings. The Morgan fingerprint density at radius 1 is 1.09 bits per heavy atom. The second-order valence-electron chi connectivity index (χ2n) is 12.5. The molecule has 0 spiro atoms. The van der Waals surface area contributed by atoms with Crippen LogP contribution in [0.2, 0.25) is 0 Å². The zero-order valence-electron chi connectivity index (χ0n) is 26.2. The van der Waals surface area contributed by atoms with E-state index in [0.29, 0.717) is 58.1 Å². The standard InChI is InChI=1S/C34H36N6O5S/c1-34(2,3)45-33(44)38(4)20-26(41)39-17-9-13-23(19-39)36-30(42)29-28-27-25(15-16-35-31(27)46-29)40(32(43)37-28)24-14-8-12-22(18-24)21-10-6-5-7-11-21/h5-8,10-12,14-16,18,23H,9,13,17,19-20H2,1-4H3,(H,36,42)(H,37,43)/t23-/m1/s1. The number of carbonyl (C=O) groups excluding carboxylic acids is 4. The van der Waals surface area contributed by atoms with Gasteiger partial charge in [0.2, 0.25) is 5.91 Å². The Balaban J connectivity index is 1.19. The number of urea groups is 1. The summed E-state index contributed by atoms with van der Waals surface area (Å²) < 4.78 is 5.36. The maximum atomic E-state index is 13.7. The van der Waals surface area contributed by atoms with E-state index in [1.165, 1.54) is 23.3 Å². The number of piperidine rings is 1. The molecule has 6 rings (SSSR count). The van der Waals surface area contributed by atoms with Crippen LogP contribution in [0, 0.1) is 0 Å². The second kappa shape index (κ2) is 12.4. The van der Waals surface area contributed by atoms with Gasteiger partial charge in [0.25, 0.3) is 5.91 Å². The van der Waals surface area contributed by atoms with Crippen molar-refractivity contribution in [2.75, 3.05) is 36.9 Å². The van der Waals surface area contributed by atoms with Crippen LogP contribution in [0.1, 0.15) is 43.3 Å². The number of likely N-dealkylation sites (N-methyl/N-ethyl adjacent to an activating group) is 1. The lowest BCUT2D eigenvalue weighted by Gasteiger charge is -2.34. The fraction of sp³-hybridized carbons (Fsp3) is 0.324. The van der Waals surface area contributed by atoms with Gasteiger partial charge in [-0.1, -0.05) is 42.5 Å². The van der Waals surface area contributed by atoms with Gasteiger partial charge in [-0.3, -0.25) is 14.5 Å². The first-order valence-electron chi connectivity index (χ1n) is 15.2. The largest absolute Gasteiger partial charge is 0.444 e. The van der Waals surface area contributed by atoms with Gasteiger partial charge >= 0.3 is 12.1 Å². The molecule has 46 heavy (non-hydrogen) atoms. The average Bonchev–Trinajstić information content (AvgIpc) is 3.40. The highest BCUT2D eigenvalue weighted by molar-refractivity contribution is 7.21. The Morgan fingerprint density at radius 2 is 1.85 bits per heavy atom. The number of thiophene rings is 1. The summed E-state index contributed by atoms with van der Waals surface area (Å²) in [6, 6.07) is 18.8. The van der Waals surface area contributed by atoms with Gasteiger partial charge in [0.15, 0.2) is 0 Å². The summed E-state index contributed by atoms with van der Waals surface area (Å²) in [7, 11) is 1.53. The van der Waals surface area contributed by atoms with Crippen LogP contribution >= 0.6 is 11.3 Å². The summed E-state index contributed by atoms with van der Waals surface area (Å²) in [5.74, 6) is -0.559. The van der Waals surface area contributed by atoms with Crippen molar-refractivity contribution in [2.45, 2.75) is 45.3 Å². The fourth-order valence-corrected chi connectivity index (χ4v) is 6.76. The van der Waals surface area contributed by atoms with Crippen LogP contribution in [0.25, 0.3) is 21.3 Å². The SMILES string of the molecule is CN(CC(=O)N1CCC[C@@H](NC(=O)c2sc3nccc4c3c2NC(=O)N4c2cccc(-c3ccccc3)c2)C1)C(=O)OC(C)(C)C.